The minimum absolute atomic E-state index is 0.380. The highest BCUT2D eigenvalue weighted by Crippen LogP contribution is 2.49. The standard InChI is InChI=1S/C20H23NO2/c1-22-19-10-6-8-17-15(11-14-21-12-4-5-13-21)16-7-2-3-9-18(16)23-20(17)19/h2-3,6-10,15H,4-5,11-14H2,1H3. The number of rotatable bonds is 4. The number of hydrogen-bond donors (Lipinski definition) is 0. The molecule has 120 valence electrons. The summed E-state index contributed by atoms with van der Waals surface area (Å²) in [5.74, 6) is 3.06. The molecule has 23 heavy (non-hydrogen) atoms. The summed E-state index contributed by atoms with van der Waals surface area (Å²) < 4.78 is 11.7. The van der Waals surface area contributed by atoms with Gasteiger partial charge in [0.1, 0.15) is 5.75 Å². The fourth-order valence-corrected chi connectivity index (χ4v) is 3.84. The highest BCUT2D eigenvalue weighted by Gasteiger charge is 2.29. The third kappa shape index (κ3) is 2.70. The van der Waals surface area contributed by atoms with E-state index in [1.807, 2.05) is 12.1 Å². The minimum Gasteiger partial charge on any atom is -0.493 e. The molecule has 0 aliphatic carbocycles. The molecule has 2 aromatic carbocycles. The summed E-state index contributed by atoms with van der Waals surface area (Å²) in [6.45, 7) is 3.64. The molecule has 2 heterocycles. The molecule has 0 bridgehead atoms. The molecular formula is C20H23NO2. The van der Waals surface area contributed by atoms with Gasteiger partial charge in [-0.1, -0.05) is 30.3 Å². The van der Waals surface area contributed by atoms with Gasteiger partial charge in [0.25, 0.3) is 0 Å². The van der Waals surface area contributed by atoms with Crippen molar-refractivity contribution < 1.29 is 9.47 Å². The average Bonchev–Trinajstić information content (AvgIpc) is 3.11. The molecule has 3 heteroatoms. The highest BCUT2D eigenvalue weighted by molar-refractivity contribution is 5.58. The SMILES string of the molecule is COc1cccc2c1Oc1ccccc1C2CCN1CCCC1. The summed E-state index contributed by atoms with van der Waals surface area (Å²) in [4.78, 5) is 2.58. The number of benzene rings is 2. The topological polar surface area (TPSA) is 21.7 Å². The summed E-state index contributed by atoms with van der Waals surface area (Å²) in [5, 5.41) is 0. The van der Waals surface area contributed by atoms with Gasteiger partial charge >= 0.3 is 0 Å². The van der Waals surface area contributed by atoms with E-state index in [1.165, 1.54) is 37.1 Å². The van der Waals surface area contributed by atoms with Gasteiger partial charge in [0.2, 0.25) is 0 Å². The molecule has 0 aromatic heterocycles. The van der Waals surface area contributed by atoms with Crippen LogP contribution in [0.3, 0.4) is 0 Å². The molecule has 1 unspecified atom stereocenters. The molecule has 1 atom stereocenters. The number of hydrogen-bond acceptors (Lipinski definition) is 3. The molecule has 2 aromatic rings. The van der Waals surface area contributed by atoms with E-state index >= 15 is 0 Å². The van der Waals surface area contributed by atoms with Gasteiger partial charge in [-0.2, -0.15) is 0 Å². The average molecular weight is 309 g/mol. The molecule has 1 saturated heterocycles. The van der Waals surface area contributed by atoms with Gasteiger partial charge in [-0.05, 0) is 51.0 Å². The van der Waals surface area contributed by atoms with Crippen LogP contribution in [0.25, 0.3) is 0 Å². The summed E-state index contributed by atoms with van der Waals surface area (Å²) in [6.07, 6.45) is 3.81. The first-order chi connectivity index (χ1) is 11.4. The predicted molar refractivity (Wildman–Crippen MR) is 91.6 cm³/mol. The van der Waals surface area contributed by atoms with Crippen LogP contribution in [-0.2, 0) is 0 Å². The van der Waals surface area contributed by atoms with Gasteiger partial charge in [-0.25, -0.2) is 0 Å². The monoisotopic (exact) mass is 309 g/mol. The van der Waals surface area contributed by atoms with Crippen molar-refractivity contribution in [3.05, 3.63) is 53.6 Å². The van der Waals surface area contributed by atoms with Gasteiger partial charge in [0.15, 0.2) is 11.5 Å². The van der Waals surface area contributed by atoms with Gasteiger partial charge in [0, 0.05) is 17.0 Å². The molecule has 0 N–H and O–H groups in total. The molecule has 2 aliphatic heterocycles. The Bertz CT molecular complexity index is 692. The molecule has 0 saturated carbocycles. The molecule has 0 spiro atoms. The minimum atomic E-state index is 0.380. The highest BCUT2D eigenvalue weighted by atomic mass is 16.5. The Morgan fingerprint density at radius 3 is 2.65 bits per heavy atom. The fourth-order valence-electron chi connectivity index (χ4n) is 3.84. The lowest BCUT2D eigenvalue weighted by molar-refractivity contribution is 0.319. The number of ether oxygens (including phenoxy) is 2. The third-order valence-electron chi connectivity index (χ3n) is 5.04. The summed E-state index contributed by atoms with van der Waals surface area (Å²) >= 11 is 0. The number of methoxy groups -OCH3 is 1. The maximum Gasteiger partial charge on any atom is 0.173 e. The van der Waals surface area contributed by atoms with E-state index in [4.69, 9.17) is 9.47 Å². The summed E-state index contributed by atoms with van der Waals surface area (Å²) in [6, 6.07) is 14.6. The van der Waals surface area contributed by atoms with Crippen molar-refractivity contribution in [3.63, 3.8) is 0 Å². The second kappa shape index (κ2) is 6.25. The maximum absolute atomic E-state index is 6.16. The summed E-state index contributed by atoms with van der Waals surface area (Å²) in [7, 11) is 1.71. The largest absolute Gasteiger partial charge is 0.493 e. The van der Waals surface area contributed by atoms with Gasteiger partial charge in [0.05, 0.1) is 7.11 Å². The Kier molecular flexibility index (Phi) is 3.96. The smallest absolute Gasteiger partial charge is 0.173 e. The van der Waals surface area contributed by atoms with Crippen LogP contribution in [-0.4, -0.2) is 31.6 Å². The van der Waals surface area contributed by atoms with E-state index < -0.39 is 0 Å². The molecule has 1 fully saturated rings. The first kappa shape index (κ1) is 14.6. The lowest BCUT2D eigenvalue weighted by atomic mass is 9.85. The quantitative estimate of drug-likeness (QED) is 0.834. The predicted octanol–water partition coefficient (Wildman–Crippen LogP) is 4.42. The molecular weight excluding hydrogens is 286 g/mol. The van der Waals surface area contributed by atoms with E-state index in [0.717, 1.165) is 30.2 Å². The van der Waals surface area contributed by atoms with Crippen LogP contribution in [0, 0.1) is 0 Å². The van der Waals surface area contributed by atoms with Crippen LogP contribution in [0.4, 0.5) is 0 Å². The summed E-state index contributed by atoms with van der Waals surface area (Å²) in [5.41, 5.74) is 2.55. The molecule has 0 radical (unpaired) electrons. The van der Waals surface area contributed by atoms with Crippen molar-refractivity contribution in [1.29, 1.82) is 0 Å². The number of nitrogens with zero attached hydrogens (tertiary/aromatic N) is 1. The Balaban J connectivity index is 1.69. The molecule has 0 amide bonds. The van der Waals surface area contributed by atoms with Crippen LogP contribution in [0.2, 0.25) is 0 Å². The van der Waals surface area contributed by atoms with Crippen LogP contribution in [0.1, 0.15) is 36.3 Å². The van der Waals surface area contributed by atoms with E-state index in [0.29, 0.717) is 5.92 Å². The zero-order valence-electron chi connectivity index (χ0n) is 13.6. The lowest BCUT2D eigenvalue weighted by Crippen LogP contribution is -2.23. The van der Waals surface area contributed by atoms with Crippen molar-refractivity contribution in [3.8, 4) is 17.2 Å². The Hall–Kier alpha value is -2.00. The van der Waals surface area contributed by atoms with Crippen LogP contribution in [0.15, 0.2) is 42.5 Å². The van der Waals surface area contributed by atoms with Crippen molar-refractivity contribution in [2.45, 2.75) is 25.2 Å². The van der Waals surface area contributed by atoms with Crippen LogP contribution in [0.5, 0.6) is 17.2 Å². The Morgan fingerprint density at radius 1 is 1.04 bits per heavy atom. The van der Waals surface area contributed by atoms with Crippen LogP contribution < -0.4 is 9.47 Å². The fraction of sp³-hybridized carbons (Fsp3) is 0.400. The van der Waals surface area contributed by atoms with Gasteiger partial charge in [-0.3, -0.25) is 0 Å². The first-order valence-corrected chi connectivity index (χ1v) is 8.53. The van der Waals surface area contributed by atoms with E-state index in [2.05, 4.69) is 35.2 Å². The van der Waals surface area contributed by atoms with Gasteiger partial charge < -0.3 is 14.4 Å². The normalized spacial score (nSPS) is 19.8. The van der Waals surface area contributed by atoms with Crippen molar-refractivity contribution in [2.75, 3.05) is 26.7 Å². The Morgan fingerprint density at radius 2 is 1.83 bits per heavy atom. The zero-order valence-corrected chi connectivity index (χ0v) is 13.6. The zero-order chi connectivity index (χ0) is 15.6. The van der Waals surface area contributed by atoms with Gasteiger partial charge in [-0.15, -0.1) is 0 Å². The van der Waals surface area contributed by atoms with E-state index in [1.54, 1.807) is 7.11 Å². The number of para-hydroxylation sites is 2. The van der Waals surface area contributed by atoms with Crippen molar-refractivity contribution in [1.82, 2.24) is 4.90 Å². The van der Waals surface area contributed by atoms with E-state index in [9.17, 15) is 0 Å². The maximum atomic E-state index is 6.16. The number of fused-ring (bicyclic) bond motifs is 2. The second-order valence-electron chi connectivity index (χ2n) is 6.41. The molecule has 4 rings (SSSR count). The Labute approximate surface area is 137 Å². The first-order valence-electron chi connectivity index (χ1n) is 8.53. The lowest BCUT2D eigenvalue weighted by Gasteiger charge is -2.30. The van der Waals surface area contributed by atoms with Crippen molar-refractivity contribution in [2.24, 2.45) is 0 Å². The second-order valence-corrected chi connectivity index (χ2v) is 6.41. The van der Waals surface area contributed by atoms with E-state index in [-0.39, 0.29) is 0 Å². The van der Waals surface area contributed by atoms with Crippen molar-refractivity contribution >= 4 is 0 Å². The molecule has 3 nitrogen and oxygen atoms in total. The van der Waals surface area contributed by atoms with Crippen LogP contribution >= 0.6 is 0 Å². The molecule has 2 aliphatic rings. The third-order valence-corrected chi connectivity index (χ3v) is 5.04. The number of likely N-dealkylation sites (tertiary alicyclic amines) is 1.